The van der Waals surface area contributed by atoms with Crippen LogP contribution in [0.3, 0.4) is 0 Å². The molecular formula is C15H26N2O. The summed E-state index contributed by atoms with van der Waals surface area (Å²) >= 11 is 0. The molecule has 3 fully saturated rings. The average molecular weight is 250 g/mol. The van der Waals surface area contributed by atoms with E-state index in [1.54, 1.807) is 0 Å². The van der Waals surface area contributed by atoms with Gasteiger partial charge in [-0.05, 0) is 50.9 Å². The first-order chi connectivity index (χ1) is 8.78. The van der Waals surface area contributed by atoms with Crippen LogP contribution in [0.2, 0.25) is 0 Å². The SMILES string of the molecule is CCC1CCC(N2CCC(NC3CC3)C2=O)CC1. The van der Waals surface area contributed by atoms with Crippen molar-refractivity contribution in [1.29, 1.82) is 0 Å². The lowest BCUT2D eigenvalue weighted by Crippen LogP contribution is -2.44. The summed E-state index contributed by atoms with van der Waals surface area (Å²) < 4.78 is 0. The van der Waals surface area contributed by atoms with Crippen molar-refractivity contribution in [2.75, 3.05) is 6.54 Å². The highest BCUT2D eigenvalue weighted by Gasteiger charge is 2.39. The summed E-state index contributed by atoms with van der Waals surface area (Å²) in [6, 6.07) is 1.34. The second-order valence-corrected chi connectivity index (χ2v) is 6.40. The first-order valence-electron chi connectivity index (χ1n) is 7.84. The van der Waals surface area contributed by atoms with E-state index in [0.29, 0.717) is 18.0 Å². The van der Waals surface area contributed by atoms with Crippen molar-refractivity contribution in [3.8, 4) is 0 Å². The number of nitrogens with zero attached hydrogens (tertiary/aromatic N) is 1. The number of hydrogen-bond donors (Lipinski definition) is 1. The highest BCUT2D eigenvalue weighted by atomic mass is 16.2. The molecule has 1 unspecified atom stereocenters. The van der Waals surface area contributed by atoms with Crippen LogP contribution in [0.1, 0.15) is 58.3 Å². The molecule has 3 rings (SSSR count). The molecule has 3 aliphatic rings. The third-order valence-corrected chi connectivity index (χ3v) is 5.09. The largest absolute Gasteiger partial charge is 0.338 e. The molecule has 1 heterocycles. The Bertz CT molecular complexity index is 306. The zero-order valence-electron chi connectivity index (χ0n) is 11.5. The predicted molar refractivity (Wildman–Crippen MR) is 72.3 cm³/mol. The van der Waals surface area contributed by atoms with Gasteiger partial charge in [0.05, 0.1) is 6.04 Å². The lowest BCUT2D eigenvalue weighted by atomic mass is 9.84. The van der Waals surface area contributed by atoms with Crippen LogP contribution in [-0.2, 0) is 4.79 Å². The van der Waals surface area contributed by atoms with Crippen molar-refractivity contribution >= 4 is 5.91 Å². The first-order valence-corrected chi connectivity index (χ1v) is 7.84. The molecule has 0 aromatic heterocycles. The minimum Gasteiger partial charge on any atom is -0.338 e. The summed E-state index contributed by atoms with van der Waals surface area (Å²) in [6.45, 7) is 3.28. The molecule has 102 valence electrons. The molecule has 0 aromatic rings. The molecule has 0 radical (unpaired) electrons. The lowest BCUT2D eigenvalue weighted by Gasteiger charge is -2.34. The van der Waals surface area contributed by atoms with E-state index in [1.165, 1.54) is 44.9 Å². The molecule has 1 amide bonds. The van der Waals surface area contributed by atoms with E-state index in [-0.39, 0.29) is 6.04 Å². The number of rotatable bonds is 4. The van der Waals surface area contributed by atoms with E-state index in [4.69, 9.17) is 0 Å². The van der Waals surface area contributed by atoms with Gasteiger partial charge in [0, 0.05) is 18.6 Å². The zero-order chi connectivity index (χ0) is 12.5. The van der Waals surface area contributed by atoms with E-state index in [0.717, 1.165) is 18.9 Å². The number of hydrogen-bond acceptors (Lipinski definition) is 2. The Hall–Kier alpha value is -0.570. The minimum atomic E-state index is 0.140. The van der Waals surface area contributed by atoms with E-state index in [1.807, 2.05) is 0 Å². The van der Waals surface area contributed by atoms with Crippen LogP contribution in [0.25, 0.3) is 0 Å². The number of carbonyl (C=O) groups is 1. The molecule has 2 aliphatic carbocycles. The quantitative estimate of drug-likeness (QED) is 0.830. The summed E-state index contributed by atoms with van der Waals surface area (Å²) in [5.74, 6) is 1.31. The van der Waals surface area contributed by atoms with Crippen LogP contribution in [0.5, 0.6) is 0 Å². The summed E-state index contributed by atoms with van der Waals surface area (Å²) in [5, 5.41) is 3.50. The molecule has 1 aliphatic heterocycles. The number of likely N-dealkylation sites (tertiary alicyclic amines) is 1. The van der Waals surface area contributed by atoms with E-state index in [9.17, 15) is 4.79 Å². The molecule has 0 spiro atoms. The monoisotopic (exact) mass is 250 g/mol. The van der Waals surface area contributed by atoms with Crippen LogP contribution in [0.4, 0.5) is 0 Å². The topological polar surface area (TPSA) is 32.3 Å². The number of carbonyl (C=O) groups excluding carboxylic acids is 1. The van der Waals surface area contributed by atoms with Crippen LogP contribution in [-0.4, -0.2) is 35.5 Å². The van der Waals surface area contributed by atoms with Crippen molar-refractivity contribution < 1.29 is 4.79 Å². The third-order valence-electron chi connectivity index (χ3n) is 5.09. The average Bonchev–Trinajstić information content (AvgIpc) is 3.15. The lowest BCUT2D eigenvalue weighted by molar-refractivity contribution is -0.132. The van der Waals surface area contributed by atoms with Crippen molar-refractivity contribution in [2.45, 2.75) is 76.4 Å². The van der Waals surface area contributed by atoms with Crippen LogP contribution < -0.4 is 5.32 Å². The summed E-state index contributed by atoms with van der Waals surface area (Å²) in [7, 11) is 0. The second kappa shape index (κ2) is 5.20. The van der Waals surface area contributed by atoms with E-state index >= 15 is 0 Å². The zero-order valence-corrected chi connectivity index (χ0v) is 11.5. The molecule has 18 heavy (non-hydrogen) atoms. The van der Waals surface area contributed by atoms with Crippen LogP contribution >= 0.6 is 0 Å². The van der Waals surface area contributed by atoms with Gasteiger partial charge in [-0.2, -0.15) is 0 Å². The molecule has 3 heteroatoms. The number of nitrogens with one attached hydrogen (secondary N) is 1. The van der Waals surface area contributed by atoms with Crippen LogP contribution in [0.15, 0.2) is 0 Å². The van der Waals surface area contributed by atoms with Gasteiger partial charge in [0.15, 0.2) is 0 Å². The van der Waals surface area contributed by atoms with Crippen molar-refractivity contribution in [1.82, 2.24) is 10.2 Å². The van der Waals surface area contributed by atoms with Gasteiger partial charge >= 0.3 is 0 Å². The highest BCUT2D eigenvalue weighted by molar-refractivity contribution is 5.84. The van der Waals surface area contributed by atoms with Gasteiger partial charge in [-0.3, -0.25) is 4.79 Å². The van der Waals surface area contributed by atoms with Crippen LogP contribution in [0, 0.1) is 5.92 Å². The maximum atomic E-state index is 12.4. The molecule has 1 N–H and O–H groups in total. The molecule has 1 atom stereocenters. The van der Waals surface area contributed by atoms with Crippen molar-refractivity contribution in [2.24, 2.45) is 5.92 Å². The summed E-state index contributed by atoms with van der Waals surface area (Å²) in [6.07, 6.45) is 10.0. The standard InChI is InChI=1S/C15H26N2O/c1-2-11-3-7-13(8-4-11)17-10-9-14(15(17)18)16-12-5-6-12/h11-14,16H,2-10H2,1H3. The fraction of sp³-hybridized carbons (Fsp3) is 0.933. The van der Waals surface area contributed by atoms with E-state index < -0.39 is 0 Å². The Morgan fingerprint density at radius 2 is 1.83 bits per heavy atom. The Balaban J connectivity index is 1.52. The molecule has 0 bridgehead atoms. The minimum absolute atomic E-state index is 0.140. The fourth-order valence-electron chi connectivity index (χ4n) is 3.62. The Labute approximate surface area is 110 Å². The summed E-state index contributed by atoms with van der Waals surface area (Å²) in [5.41, 5.74) is 0. The molecule has 2 saturated carbocycles. The Kier molecular flexibility index (Phi) is 3.60. The molecule has 1 saturated heterocycles. The van der Waals surface area contributed by atoms with Gasteiger partial charge in [0.1, 0.15) is 0 Å². The van der Waals surface area contributed by atoms with Gasteiger partial charge in [-0.15, -0.1) is 0 Å². The maximum Gasteiger partial charge on any atom is 0.240 e. The third kappa shape index (κ3) is 2.56. The van der Waals surface area contributed by atoms with Gasteiger partial charge in [0.2, 0.25) is 5.91 Å². The smallest absolute Gasteiger partial charge is 0.240 e. The molecule has 3 nitrogen and oxygen atoms in total. The Morgan fingerprint density at radius 3 is 2.44 bits per heavy atom. The second-order valence-electron chi connectivity index (χ2n) is 6.40. The maximum absolute atomic E-state index is 12.4. The molecule has 0 aromatic carbocycles. The van der Waals surface area contributed by atoms with Crippen molar-refractivity contribution in [3.05, 3.63) is 0 Å². The van der Waals surface area contributed by atoms with Gasteiger partial charge in [-0.1, -0.05) is 13.3 Å². The van der Waals surface area contributed by atoms with Gasteiger partial charge < -0.3 is 10.2 Å². The first kappa shape index (κ1) is 12.5. The van der Waals surface area contributed by atoms with E-state index in [2.05, 4.69) is 17.1 Å². The fourth-order valence-corrected chi connectivity index (χ4v) is 3.62. The van der Waals surface area contributed by atoms with Gasteiger partial charge in [0.25, 0.3) is 0 Å². The summed E-state index contributed by atoms with van der Waals surface area (Å²) in [4.78, 5) is 14.6. The number of amides is 1. The highest BCUT2D eigenvalue weighted by Crippen LogP contribution is 2.32. The Morgan fingerprint density at radius 1 is 1.11 bits per heavy atom. The normalized spacial score (nSPS) is 37.3. The van der Waals surface area contributed by atoms with Crippen molar-refractivity contribution in [3.63, 3.8) is 0 Å². The van der Waals surface area contributed by atoms with Gasteiger partial charge in [-0.25, -0.2) is 0 Å². The predicted octanol–water partition coefficient (Wildman–Crippen LogP) is 2.31. The molecular weight excluding hydrogens is 224 g/mol.